The van der Waals surface area contributed by atoms with Gasteiger partial charge >= 0.3 is 0 Å². The third-order valence-corrected chi connectivity index (χ3v) is 4.47. The fraction of sp³-hybridized carbons (Fsp3) is 0.462. The maximum atomic E-state index is 12.2. The molecule has 0 spiro atoms. The van der Waals surface area contributed by atoms with E-state index in [4.69, 9.17) is 9.88 Å². The second kappa shape index (κ2) is 4.75. The lowest BCUT2D eigenvalue weighted by atomic mass is 10.1. The van der Waals surface area contributed by atoms with E-state index >= 15 is 0 Å². The van der Waals surface area contributed by atoms with Crippen molar-refractivity contribution in [3.05, 3.63) is 23.8 Å². The number of nitrogens with one attached hydrogen (secondary N) is 1. The number of carbonyl (C=O) groups is 1. The Kier molecular flexibility index (Phi) is 3.51. The molecule has 1 unspecified atom stereocenters. The molecule has 1 amide bonds. The van der Waals surface area contributed by atoms with Crippen molar-refractivity contribution in [2.24, 2.45) is 10.6 Å². The molecular weight excluding hydrogens is 280 g/mol. The molecule has 7 heteroatoms. The number of methoxy groups -OCH3 is 1. The molecule has 0 aliphatic heterocycles. The Labute approximate surface area is 118 Å². The van der Waals surface area contributed by atoms with Crippen molar-refractivity contribution >= 4 is 15.9 Å². The fourth-order valence-corrected chi connectivity index (χ4v) is 2.53. The van der Waals surface area contributed by atoms with E-state index in [1.807, 2.05) is 0 Å². The molecule has 0 heterocycles. The van der Waals surface area contributed by atoms with Gasteiger partial charge in [-0.05, 0) is 30.0 Å². The predicted octanol–water partition coefficient (Wildman–Crippen LogP) is 0.871. The third-order valence-electron chi connectivity index (χ3n) is 3.56. The lowest BCUT2D eigenvalue weighted by Gasteiger charge is -2.11. The molecule has 0 radical (unpaired) electrons. The van der Waals surface area contributed by atoms with Crippen molar-refractivity contribution in [3.63, 3.8) is 0 Å². The second-order valence-corrected chi connectivity index (χ2v) is 7.19. The third kappa shape index (κ3) is 2.94. The SMILES string of the molecule is COc1ccc(S(N)(=O)=O)cc1C(=O)NC1CC1(C)C. The van der Waals surface area contributed by atoms with Gasteiger partial charge in [0.05, 0.1) is 17.6 Å². The Morgan fingerprint density at radius 2 is 2.05 bits per heavy atom. The Bertz CT molecular complexity index is 652. The van der Waals surface area contributed by atoms with Gasteiger partial charge in [-0.1, -0.05) is 13.8 Å². The number of amides is 1. The summed E-state index contributed by atoms with van der Waals surface area (Å²) in [4.78, 5) is 12.1. The van der Waals surface area contributed by atoms with Crippen LogP contribution in [0.2, 0.25) is 0 Å². The van der Waals surface area contributed by atoms with E-state index in [0.29, 0.717) is 5.75 Å². The first-order valence-corrected chi connectivity index (χ1v) is 7.71. The molecule has 3 N–H and O–H groups in total. The molecule has 1 aromatic carbocycles. The lowest BCUT2D eigenvalue weighted by molar-refractivity contribution is 0.0943. The molecule has 1 aliphatic rings. The first-order valence-electron chi connectivity index (χ1n) is 6.17. The van der Waals surface area contributed by atoms with Crippen LogP contribution >= 0.6 is 0 Å². The number of hydrogen-bond acceptors (Lipinski definition) is 4. The van der Waals surface area contributed by atoms with Crippen LogP contribution in [-0.2, 0) is 10.0 Å². The molecule has 1 fully saturated rings. The number of ether oxygens (including phenoxy) is 1. The zero-order valence-corrected chi connectivity index (χ0v) is 12.5. The van der Waals surface area contributed by atoms with Gasteiger partial charge in [-0.15, -0.1) is 0 Å². The van der Waals surface area contributed by atoms with Crippen LogP contribution < -0.4 is 15.2 Å². The van der Waals surface area contributed by atoms with Crippen molar-refractivity contribution in [2.75, 3.05) is 7.11 Å². The molecule has 0 aromatic heterocycles. The number of carbonyl (C=O) groups excluding carboxylic acids is 1. The highest BCUT2D eigenvalue weighted by molar-refractivity contribution is 7.89. The van der Waals surface area contributed by atoms with Gasteiger partial charge in [0.15, 0.2) is 0 Å². The summed E-state index contributed by atoms with van der Waals surface area (Å²) >= 11 is 0. The Balaban J connectivity index is 2.31. The van der Waals surface area contributed by atoms with Crippen LogP contribution in [0.15, 0.2) is 23.1 Å². The molecule has 0 saturated heterocycles. The summed E-state index contributed by atoms with van der Waals surface area (Å²) in [6, 6.07) is 4.07. The van der Waals surface area contributed by atoms with Gasteiger partial charge in [0, 0.05) is 6.04 Å². The van der Waals surface area contributed by atoms with Crippen LogP contribution in [-0.4, -0.2) is 27.5 Å². The zero-order valence-electron chi connectivity index (χ0n) is 11.6. The normalized spacial score (nSPS) is 20.3. The predicted molar refractivity (Wildman–Crippen MR) is 74.0 cm³/mol. The lowest BCUT2D eigenvalue weighted by Crippen LogP contribution is -2.29. The van der Waals surface area contributed by atoms with Gasteiger partial charge in [-0.3, -0.25) is 4.79 Å². The van der Waals surface area contributed by atoms with Crippen LogP contribution in [0.3, 0.4) is 0 Å². The molecule has 1 aromatic rings. The molecule has 6 nitrogen and oxygen atoms in total. The van der Waals surface area contributed by atoms with Crippen LogP contribution in [0.5, 0.6) is 5.75 Å². The van der Waals surface area contributed by atoms with Gasteiger partial charge in [0.1, 0.15) is 5.75 Å². The number of nitrogens with two attached hydrogens (primary N) is 1. The number of hydrogen-bond donors (Lipinski definition) is 2. The topological polar surface area (TPSA) is 98.5 Å². The summed E-state index contributed by atoms with van der Waals surface area (Å²) in [5.74, 6) is -0.0451. The number of primary sulfonamides is 1. The van der Waals surface area contributed by atoms with Crippen molar-refractivity contribution in [3.8, 4) is 5.75 Å². The number of rotatable bonds is 4. The first-order chi connectivity index (χ1) is 9.15. The highest BCUT2D eigenvalue weighted by atomic mass is 32.2. The van der Waals surface area contributed by atoms with Gasteiger partial charge in [0.2, 0.25) is 10.0 Å². The summed E-state index contributed by atoms with van der Waals surface area (Å²) in [7, 11) is -2.43. The molecule has 1 saturated carbocycles. The van der Waals surface area contributed by atoms with E-state index in [1.165, 1.54) is 25.3 Å². The first kappa shape index (κ1) is 14.8. The quantitative estimate of drug-likeness (QED) is 0.861. The standard InChI is InChI=1S/C13H18N2O4S/c1-13(2)7-11(13)15-12(16)9-6-8(20(14,17)18)4-5-10(9)19-3/h4-6,11H,7H2,1-3H3,(H,15,16)(H2,14,17,18). The number of sulfonamides is 1. The highest BCUT2D eigenvalue weighted by Gasteiger charge is 2.46. The molecule has 0 bridgehead atoms. The van der Waals surface area contributed by atoms with Crippen LogP contribution in [0.4, 0.5) is 0 Å². The minimum absolute atomic E-state index is 0.0838. The average molecular weight is 298 g/mol. The maximum absolute atomic E-state index is 12.2. The van der Waals surface area contributed by atoms with Crippen molar-refractivity contribution in [1.82, 2.24) is 5.32 Å². The summed E-state index contributed by atoms with van der Waals surface area (Å²) in [6.07, 6.45) is 0.899. The summed E-state index contributed by atoms with van der Waals surface area (Å²) in [5.41, 5.74) is 0.252. The zero-order chi connectivity index (χ0) is 15.1. The molecule has 20 heavy (non-hydrogen) atoms. The minimum Gasteiger partial charge on any atom is -0.496 e. The summed E-state index contributed by atoms with van der Waals surface area (Å²) in [6.45, 7) is 4.10. The minimum atomic E-state index is -3.86. The van der Waals surface area contributed by atoms with E-state index < -0.39 is 10.0 Å². The molecular formula is C13H18N2O4S. The van der Waals surface area contributed by atoms with E-state index in [1.54, 1.807) is 0 Å². The van der Waals surface area contributed by atoms with Gasteiger partial charge in [-0.2, -0.15) is 0 Å². The molecule has 1 aliphatic carbocycles. The Hall–Kier alpha value is -1.60. The Morgan fingerprint density at radius 3 is 2.50 bits per heavy atom. The summed E-state index contributed by atoms with van der Waals surface area (Å²) in [5, 5.41) is 7.93. The second-order valence-electron chi connectivity index (χ2n) is 5.63. The highest BCUT2D eigenvalue weighted by Crippen LogP contribution is 2.44. The van der Waals surface area contributed by atoms with Crippen LogP contribution in [0.1, 0.15) is 30.6 Å². The van der Waals surface area contributed by atoms with Crippen LogP contribution in [0, 0.1) is 5.41 Å². The van der Waals surface area contributed by atoms with Crippen LogP contribution in [0.25, 0.3) is 0 Å². The van der Waals surface area contributed by atoms with E-state index in [9.17, 15) is 13.2 Å². The van der Waals surface area contributed by atoms with E-state index in [0.717, 1.165) is 6.42 Å². The number of benzene rings is 1. The smallest absolute Gasteiger partial charge is 0.255 e. The van der Waals surface area contributed by atoms with Gasteiger partial charge < -0.3 is 10.1 Å². The van der Waals surface area contributed by atoms with Crippen molar-refractivity contribution in [2.45, 2.75) is 31.2 Å². The Morgan fingerprint density at radius 1 is 1.45 bits per heavy atom. The molecule has 1 atom stereocenters. The largest absolute Gasteiger partial charge is 0.496 e. The van der Waals surface area contributed by atoms with Gasteiger partial charge in [0.25, 0.3) is 5.91 Å². The molecule has 2 rings (SSSR count). The van der Waals surface area contributed by atoms with Crippen molar-refractivity contribution in [1.29, 1.82) is 0 Å². The molecule has 110 valence electrons. The van der Waals surface area contributed by atoms with Gasteiger partial charge in [-0.25, -0.2) is 13.6 Å². The van der Waals surface area contributed by atoms with Crippen molar-refractivity contribution < 1.29 is 17.9 Å². The summed E-state index contributed by atoms with van der Waals surface area (Å²) < 4.78 is 27.8. The maximum Gasteiger partial charge on any atom is 0.255 e. The average Bonchev–Trinajstić information content (AvgIpc) is 2.94. The van der Waals surface area contributed by atoms with E-state index in [-0.39, 0.29) is 27.8 Å². The van der Waals surface area contributed by atoms with E-state index in [2.05, 4.69) is 19.2 Å². The fourth-order valence-electron chi connectivity index (χ4n) is 1.99. The monoisotopic (exact) mass is 298 g/mol.